The molecule has 0 atom stereocenters. The van der Waals surface area contributed by atoms with Crippen LogP contribution < -0.4 is 5.32 Å². The molecule has 0 unspecified atom stereocenters. The van der Waals surface area contributed by atoms with Gasteiger partial charge in [0.25, 0.3) is 5.89 Å². The van der Waals surface area contributed by atoms with E-state index in [4.69, 9.17) is 13.7 Å². The van der Waals surface area contributed by atoms with E-state index in [1.165, 1.54) is 6.26 Å². The zero-order valence-electron chi connectivity index (χ0n) is 10.6. The van der Waals surface area contributed by atoms with Crippen LogP contribution in [0.25, 0.3) is 11.7 Å². The SMILES string of the molecule is CCOC(=O)CCNCc1noc(-c2ccco2)n1. The van der Waals surface area contributed by atoms with E-state index in [9.17, 15) is 4.79 Å². The highest BCUT2D eigenvalue weighted by molar-refractivity contribution is 5.69. The highest BCUT2D eigenvalue weighted by atomic mass is 16.5. The summed E-state index contributed by atoms with van der Waals surface area (Å²) in [6.07, 6.45) is 1.85. The predicted octanol–water partition coefficient (Wildman–Crippen LogP) is 1.37. The second-order valence-corrected chi connectivity index (χ2v) is 3.72. The van der Waals surface area contributed by atoms with E-state index >= 15 is 0 Å². The summed E-state index contributed by atoms with van der Waals surface area (Å²) >= 11 is 0. The Balaban J connectivity index is 1.74. The molecule has 0 fully saturated rings. The minimum absolute atomic E-state index is 0.223. The minimum atomic E-state index is -0.223. The number of esters is 1. The summed E-state index contributed by atoms with van der Waals surface area (Å²) in [5.74, 6) is 1.16. The van der Waals surface area contributed by atoms with Crippen molar-refractivity contribution in [1.29, 1.82) is 0 Å². The van der Waals surface area contributed by atoms with Crippen LogP contribution in [0.1, 0.15) is 19.2 Å². The molecule has 0 saturated heterocycles. The van der Waals surface area contributed by atoms with E-state index in [2.05, 4.69) is 15.5 Å². The molecule has 102 valence electrons. The van der Waals surface area contributed by atoms with E-state index in [-0.39, 0.29) is 5.97 Å². The van der Waals surface area contributed by atoms with Crippen molar-refractivity contribution in [3.05, 3.63) is 24.2 Å². The molecule has 2 aromatic rings. The molecule has 7 nitrogen and oxygen atoms in total. The summed E-state index contributed by atoms with van der Waals surface area (Å²) in [6, 6.07) is 3.49. The third-order valence-electron chi connectivity index (χ3n) is 2.29. The van der Waals surface area contributed by atoms with Gasteiger partial charge in [-0.2, -0.15) is 4.98 Å². The first-order valence-electron chi connectivity index (χ1n) is 6.02. The van der Waals surface area contributed by atoms with Crippen molar-refractivity contribution in [2.24, 2.45) is 0 Å². The molecule has 0 amide bonds. The number of nitrogens with zero attached hydrogens (tertiary/aromatic N) is 2. The van der Waals surface area contributed by atoms with Crippen molar-refractivity contribution in [2.75, 3.05) is 13.2 Å². The van der Waals surface area contributed by atoms with Crippen molar-refractivity contribution in [3.8, 4) is 11.7 Å². The average molecular weight is 265 g/mol. The zero-order valence-corrected chi connectivity index (χ0v) is 10.6. The number of carbonyl (C=O) groups excluding carboxylic acids is 1. The molecule has 0 radical (unpaired) electrons. The number of hydrogen-bond donors (Lipinski definition) is 1. The van der Waals surface area contributed by atoms with E-state index < -0.39 is 0 Å². The molecule has 1 N–H and O–H groups in total. The first-order valence-corrected chi connectivity index (χ1v) is 6.02. The van der Waals surface area contributed by atoms with Crippen LogP contribution in [-0.2, 0) is 16.1 Å². The van der Waals surface area contributed by atoms with Gasteiger partial charge in [0.2, 0.25) is 0 Å². The minimum Gasteiger partial charge on any atom is -0.466 e. The standard InChI is InChI=1S/C12H15N3O4/c1-2-17-11(16)5-6-13-8-10-14-12(19-15-10)9-4-3-7-18-9/h3-4,7,13H,2,5-6,8H2,1H3. The van der Waals surface area contributed by atoms with Crippen LogP contribution in [-0.4, -0.2) is 29.3 Å². The van der Waals surface area contributed by atoms with Crippen LogP contribution in [0.4, 0.5) is 0 Å². The number of hydrogen-bond acceptors (Lipinski definition) is 7. The smallest absolute Gasteiger partial charge is 0.307 e. The van der Waals surface area contributed by atoms with Crippen LogP contribution in [0.5, 0.6) is 0 Å². The first-order chi connectivity index (χ1) is 9.29. The fourth-order valence-electron chi connectivity index (χ4n) is 1.45. The second-order valence-electron chi connectivity index (χ2n) is 3.72. The predicted molar refractivity (Wildman–Crippen MR) is 65.0 cm³/mol. The summed E-state index contributed by atoms with van der Waals surface area (Å²) in [5.41, 5.74) is 0. The lowest BCUT2D eigenvalue weighted by Crippen LogP contribution is -2.19. The summed E-state index contributed by atoms with van der Waals surface area (Å²) in [6.45, 7) is 3.10. The fraction of sp³-hybridized carbons (Fsp3) is 0.417. The maximum atomic E-state index is 11.1. The van der Waals surface area contributed by atoms with E-state index in [0.29, 0.717) is 43.6 Å². The molecule has 2 rings (SSSR count). The van der Waals surface area contributed by atoms with Crippen molar-refractivity contribution in [1.82, 2.24) is 15.5 Å². The van der Waals surface area contributed by atoms with Gasteiger partial charge in [-0.25, -0.2) is 0 Å². The first kappa shape index (κ1) is 13.3. The van der Waals surface area contributed by atoms with Gasteiger partial charge in [0.1, 0.15) is 0 Å². The summed E-state index contributed by atoms with van der Waals surface area (Å²) in [4.78, 5) is 15.2. The molecular weight excluding hydrogens is 250 g/mol. The van der Waals surface area contributed by atoms with Gasteiger partial charge in [0, 0.05) is 6.54 Å². The Hall–Kier alpha value is -2.15. The third-order valence-corrected chi connectivity index (χ3v) is 2.29. The van der Waals surface area contributed by atoms with Gasteiger partial charge in [-0.1, -0.05) is 5.16 Å². The van der Waals surface area contributed by atoms with Crippen molar-refractivity contribution in [3.63, 3.8) is 0 Å². The Bertz CT molecular complexity index is 507. The molecule has 0 aromatic carbocycles. The molecule has 0 spiro atoms. The molecule has 0 bridgehead atoms. The van der Waals surface area contributed by atoms with Gasteiger partial charge >= 0.3 is 5.97 Å². The van der Waals surface area contributed by atoms with E-state index in [1.54, 1.807) is 19.1 Å². The normalized spacial score (nSPS) is 10.6. The number of ether oxygens (including phenoxy) is 1. The topological polar surface area (TPSA) is 90.4 Å². The Kier molecular flexibility index (Phi) is 4.68. The molecule has 0 aliphatic rings. The molecular formula is C12H15N3O4. The van der Waals surface area contributed by atoms with Crippen LogP contribution in [0.2, 0.25) is 0 Å². The molecule has 19 heavy (non-hydrogen) atoms. The lowest BCUT2D eigenvalue weighted by Gasteiger charge is -2.01. The Labute approximate surface area is 109 Å². The fourth-order valence-corrected chi connectivity index (χ4v) is 1.45. The van der Waals surface area contributed by atoms with Crippen molar-refractivity contribution >= 4 is 5.97 Å². The monoisotopic (exact) mass is 265 g/mol. The van der Waals surface area contributed by atoms with E-state index in [0.717, 1.165) is 0 Å². The van der Waals surface area contributed by atoms with E-state index in [1.807, 2.05) is 0 Å². The van der Waals surface area contributed by atoms with Gasteiger partial charge in [0.05, 0.1) is 25.8 Å². The second kappa shape index (κ2) is 6.69. The molecule has 0 aliphatic heterocycles. The molecule has 2 heterocycles. The average Bonchev–Trinajstić information content (AvgIpc) is 3.05. The Morgan fingerprint density at radius 2 is 2.42 bits per heavy atom. The molecule has 7 heteroatoms. The van der Waals surface area contributed by atoms with Crippen LogP contribution in [0.3, 0.4) is 0 Å². The summed E-state index contributed by atoms with van der Waals surface area (Å²) < 4.78 is 15.0. The Morgan fingerprint density at radius 3 is 3.16 bits per heavy atom. The quantitative estimate of drug-likeness (QED) is 0.597. The lowest BCUT2D eigenvalue weighted by atomic mass is 10.4. The van der Waals surface area contributed by atoms with Crippen molar-refractivity contribution in [2.45, 2.75) is 19.9 Å². The Morgan fingerprint density at radius 1 is 1.53 bits per heavy atom. The molecule has 0 saturated carbocycles. The lowest BCUT2D eigenvalue weighted by molar-refractivity contribution is -0.142. The van der Waals surface area contributed by atoms with Crippen molar-refractivity contribution < 1.29 is 18.5 Å². The van der Waals surface area contributed by atoms with Gasteiger partial charge < -0.3 is 19.0 Å². The van der Waals surface area contributed by atoms with Gasteiger partial charge in [-0.15, -0.1) is 0 Å². The number of nitrogens with one attached hydrogen (secondary N) is 1. The van der Waals surface area contributed by atoms with Gasteiger partial charge in [0.15, 0.2) is 11.6 Å². The third kappa shape index (κ3) is 3.92. The number of rotatable bonds is 7. The molecule has 0 aliphatic carbocycles. The maximum absolute atomic E-state index is 11.1. The highest BCUT2D eigenvalue weighted by Crippen LogP contribution is 2.16. The highest BCUT2D eigenvalue weighted by Gasteiger charge is 2.10. The van der Waals surface area contributed by atoms with Gasteiger partial charge in [-0.3, -0.25) is 4.79 Å². The van der Waals surface area contributed by atoms with Gasteiger partial charge in [-0.05, 0) is 19.1 Å². The van der Waals surface area contributed by atoms with Crippen LogP contribution in [0, 0.1) is 0 Å². The van der Waals surface area contributed by atoms with Crippen LogP contribution in [0.15, 0.2) is 27.3 Å². The maximum Gasteiger partial charge on any atom is 0.307 e. The summed E-state index contributed by atoms with van der Waals surface area (Å²) in [5, 5.41) is 6.83. The molecule has 2 aromatic heterocycles. The van der Waals surface area contributed by atoms with Crippen LogP contribution >= 0.6 is 0 Å². The number of aromatic nitrogens is 2. The number of carbonyl (C=O) groups is 1. The largest absolute Gasteiger partial charge is 0.466 e. The zero-order chi connectivity index (χ0) is 13.5. The number of furan rings is 1. The summed E-state index contributed by atoms with van der Waals surface area (Å²) in [7, 11) is 0.